The number of likely N-dealkylation sites (tertiary alicyclic amines) is 1. The first-order valence-corrected chi connectivity index (χ1v) is 7.30. The van der Waals surface area contributed by atoms with Crippen LogP contribution < -0.4 is 10.2 Å². The van der Waals surface area contributed by atoms with Gasteiger partial charge in [0.1, 0.15) is 0 Å². The van der Waals surface area contributed by atoms with Crippen LogP contribution in [0.1, 0.15) is 19.3 Å². The van der Waals surface area contributed by atoms with Crippen molar-refractivity contribution in [2.75, 3.05) is 44.4 Å². The van der Waals surface area contributed by atoms with E-state index < -0.39 is 0 Å². The van der Waals surface area contributed by atoms with E-state index in [1.807, 2.05) is 43.3 Å². The Morgan fingerprint density at radius 3 is 2.65 bits per heavy atom. The predicted octanol–water partition coefficient (Wildman–Crippen LogP) is 2.42. The summed E-state index contributed by atoms with van der Waals surface area (Å²) in [4.78, 5) is 16.4. The number of amides is 1. The highest BCUT2D eigenvalue weighted by molar-refractivity contribution is 5.91. The van der Waals surface area contributed by atoms with Gasteiger partial charge in [0.25, 0.3) is 0 Å². The summed E-state index contributed by atoms with van der Waals surface area (Å²) in [5.41, 5.74) is 2.02. The average molecular weight is 275 g/mol. The summed E-state index contributed by atoms with van der Waals surface area (Å²) < 4.78 is 0. The summed E-state index contributed by atoms with van der Waals surface area (Å²) in [5.74, 6) is 0.623. The van der Waals surface area contributed by atoms with Gasteiger partial charge in [-0.05, 0) is 56.6 Å². The first kappa shape index (κ1) is 14.9. The Morgan fingerprint density at radius 2 is 2.05 bits per heavy atom. The van der Waals surface area contributed by atoms with Gasteiger partial charge >= 0.3 is 0 Å². The van der Waals surface area contributed by atoms with Gasteiger partial charge in [0.05, 0.1) is 0 Å². The van der Waals surface area contributed by atoms with Crippen molar-refractivity contribution in [2.45, 2.75) is 19.3 Å². The van der Waals surface area contributed by atoms with Crippen LogP contribution in [0.15, 0.2) is 24.3 Å². The van der Waals surface area contributed by atoms with E-state index in [1.54, 1.807) is 0 Å². The van der Waals surface area contributed by atoms with E-state index in [2.05, 4.69) is 17.3 Å². The predicted molar refractivity (Wildman–Crippen MR) is 84.2 cm³/mol. The molecule has 1 fully saturated rings. The molecule has 0 saturated carbocycles. The topological polar surface area (TPSA) is 35.6 Å². The van der Waals surface area contributed by atoms with Crippen LogP contribution in [0.3, 0.4) is 0 Å². The van der Waals surface area contributed by atoms with Crippen molar-refractivity contribution in [1.29, 1.82) is 0 Å². The Hall–Kier alpha value is -1.55. The second-order valence-corrected chi connectivity index (χ2v) is 5.96. The lowest BCUT2D eigenvalue weighted by Gasteiger charge is -2.29. The standard InChI is InChI=1S/C16H25N3O/c1-18(2)15-8-6-14(7-9-15)17-16(20)11-13-5-4-10-19(3)12-13/h6-9,13H,4-5,10-12H2,1-3H3,(H,17,20). The van der Waals surface area contributed by atoms with Gasteiger partial charge in [-0.1, -0.05) is 0 Å². The van der Waals surface area contributed by atoms with E-state index in [-0.39, 0.29) is 5.91 Å². The molecule has 4 nitrogen and oxygen atoms in total. The summed E-state index contributed by atoms with van der Waals surface area (Å²) in [7, 11) is 6.14. The zero-order valence-corrected chi connectivity index (χ0v) is 12.7. The highest BCUT2D eigenvalue weighted by Gasteiger charge is 2.19. The van der Waals surface area contributed by atoms with Crippen LogP contribution in [0.25, 0.3) is 0 Å². The SMILES string of the molecule is CN1CCCC(CC(=O)Nc2ccc(N(C)C)cc2)C1. The van der Waals surface area contributed by atoms with Crippen molar-refractivity contribution < 1.29 is 4.79 Å². The molecular weight excluding hydrogens is 250 g/mol. The van der Waals surface area contributed by atoms with Crippen molar-refractivity contribution in [2.24, 2.45) is 5.92 Å². The fraction of sp³-hybridized carbons (Fsp3) is 0.562. The van der Waals surface area contributed by atoms with Gasteiger partial charge in [-0.25, -0.2) is 0 Å². The van der Waals surface area contributed by atoms with Gasteiger partial charge in [-0.2, -0.15) is 0 Å². The zero-order valence-electron chi connectivity index (χ0n) is 12.7. The second kappa shape index (κ2) is 6.75. The van der Waals surface area contributed by atoms with Crippen molar-refractivity contribution >= 4 is 17.3 Å². The number of anilines is 2. The number of rotatable bonds is 4. The molecule has 0 bridgehead atoms. The lowest BCUT2D eigenvalue weighted by Crippen LogP contribution is -2.34. The third kappa shape index (κ3) is 4.23. The van der Waals surface area contributed by atoms with Crippen LogP contribution in [-0.2, 0) is 4.79 Å². The largest absolute Gasteiger partial charge is 0.378 e. The summed E-state index contributed by atoms with van der Waals surface area (Å²) in [6, 6.07) is 7.95. The van der Waals surface area contributed by atoms with Gasteiger partial charge in [-0.15, -0.1) is 0 Å². The maximum atomic E-state index is 12.1. The smallest absolute Gasteiger partial charge is 0.224 e. The maximum absolute atomic E-state index is 12.1. The molecule has 4 heteroatoms. The molecule has 1 N–H and O–H groups in total. The van der Waals surface area contributed by atoms with Gasteiger partial charge in [0, 0.05) is 38.4 Å². The van der Waals surface area contributed by atoms with Crippen LogP contribution in [0.2, 0.25) is 0 Å². The molecule has 1 saturated heterocycles. The monoisotopic (exact) mass is 275 g/mol. The van der Waals surface area contributed by atoms with Crippen LogP contribution in [0, 0.1) is 5.92 Å². The fourth-order valence-electron chi connectivity index (χ4n) is 2.76. The highest BCUT2D eigenvalue weighted by atomic mass is 16.1. The Balaban J connectivity index is 1.84. The molecule has 0 aromatic heterocycles. The molecule has 1 unspecified atom stereocenters. The Morgan fingerprint density at radius 1 is 1.35 bits per heavy atom. The van der Waals surface area contributed by atoms with Gasteiger partial charge < -0.3 is 15.1 Å². The number of hydrogen-bond acceptors (Lipinski definition) is 3. The van der Waals surface area contributed by atoms with E-state index in [9.17, 15) is 4.79 Å². The Bertz CT molecular complexity index is 442. The van der Waals surface area contributed by atoms with Crippen molar-refractivity contribution in [1.82, 2.24) is 4.90 Å². The molecule has 1 heterocycles. The third-order valence-electron chi connectivity index (χ3n) is 3.86. The van der Waals surface area contributed by atoms with Crippen molar-refractivity contribution in [3.8, 4) is 0 Å². The summed E-state index contributed by atoms with van der Waals surface area (Å²) >= 11 is 0. The molecular formula is C16H25N3O. The Labute approximate surface area is 121 Å². The van der Waals surface area contributed by atoms with Crippen LogP contribution >= 0.6 is 0 Å². The molecule has 1 aromatic carbocycles. The summed E-state index contributed by atoms with van der Waals surface area (Å²) in [6.45, 7) is 2.19. The average Bonchev–Trinajstić information content (AvgIpc) is 2.39. The summed E-state index contributed by atoms with van der Waals surface area (Å²) in [5, 5.41) is 2.99. The number of nitrogens with one attached hydrogen (secondary N) is 1. The molecule has 110 valence electrons. The molecule has 0 spiro atoms. The van der Waals surface area contributed by atoms with Crippen molar-refractivity contribution in [3.63, 3.8) is 0 Å². The third-order valence-corrected chi connectivity index (χ3v) is 3.86. The zero-order chi connectivity index (χ0) is 14.5. The molecule has 1 amide bonds. The van der Waals surface area contributed by atoms with Crippen LogP contribution in [-0.4, -0.2) is 45.0 Å². The molecule has 2 rings (SSSR count). The fourth-order valence-corrected chi connectivity index (χ4v) is 2.76. The van der Waals surface area contributed by atoms with E-state index in [4.69, 9.17) is 0 Å². The number of carbonyl (C=O) groups is 1. The lowest BCUT2D eigenvalue weighted by atomic mass is 9.95. The summed E-state index contributed by atoms with van der Waals surface area (Å²) in [6.07, 6.45) is 2.99. The first-order valence-electron chi connectivity index (χ1n) is 7.30. The van der Waals surface area contributed by atoms with Crippen molar-refractivity contribution in [3.05, 3.63) is 24.3 Å². The molecule has 1 aliphatic heterocycles. The van der Waals surface area contributed by atoms with Gasteiger partial charge in [0.15, 0.2) is 0 Å². The first-order chi connectivity index (χ1) is 9.54. The normalized spacial score (nSPS) is 19.6. The van der Waals surface area contributed by atoms with E-state index in [1.165, 1.54) is 6.42 Å². The number of hydrogen-bond donors (Lipinski definition) is 1. The minimum absolute atomic E-state index is 0.128. The molecule has 1 aliphatic rings. The molecule has 1 atom stereocenters. The second-order valence-electron chi connectivity index (χ2n) is 5.96. The number of piperidine rings is 1. The quantitative estimate of drug-likeness (QED) is 0.916. The van der Waals surface area contributed by atoms with E-state index in [0.717, 1.165) is 30.9 Å². The van der Waals surface area contributed by atoms with Gasteiger partial charge in [-0.3, -0.25) is 4.79 Å². The van der Waals surface area contributed by atoms with Crippen LogP contribution in [0.4, 0.5) is 11.4 Å². The maximum Gasteiger partial charge on any atom is 0.224 e. The number of carbonyl (C=O) groups excluding carboxylic acids is 1. The van der Waals surface area contributed by atoms with Gasteiger partial charge in [0.2, 0.25) is 5.91 Å². The lowest BCUT2D eigenvalue weighted by molar-refractivity contribution is -0.117. The van der Waals surface area contributed by atoms with E-state index >= 15 is 0 Å². The minimum Gasteiger partial charge on any atom is -0.378 e. The highest BCUT2D eigenvalue weighted by Crippen LogP contribution is 2.20. The minimum atomic E-state index is 0.128. The molecule has 20 heavy (non-hydrogen) atoms. The molecule has 1 aromatic rings. The molecule has 0 radical (unpaired) electrons. The van der Waals surface area contributed by atoms with E-state index in [0.29, 0.717) is 12.3 Å². The number of nitrogens with zero attached hydrogens (tertiary/aromatic N) is 2. The Kier molecular flexibility index (Phi) is 5.01. The number of benzene rings is 1. The molecule has 0 aliphatic carbocycles. The van der Waals surface area contributed by atoms with Crippen LogP contribution in [0.5, 0.6) is 0 Å².